The van der Waals surface area contributed by atoms with Crippen LogP contribution in [-0.2, 0) is 6.54 Å². The van der Waals surface area contributed by atoms with Crippen LogP contribution >= 0.6 is 12.1 Å². The molecule has 2 aromatic carbocycles. The number of hydrogen-bond donors (Lipinski definition) is 2. The van der Waals surface area contributed by atoms with Crippen LogP contribution in [0, 0.1) is 0 Å². The smallest absolute Gasteiger partial charge is 0.262 e. The Labute approximate surface area is 211 Å². The number of benzene rings is 2. The summed E-state index contributed by atoms with van der Waals surface area (Å²) < 4.78 is 12.8. The molecular formula is C28H34N4O2S. The molecular weight excluding hydrogens is 456 g/mol. The predicted molar refractivity (Wildman–Crippen MR) is 143 cm³/mol. The summed E-state index contributed by atoms with van der Waals surface area (Å²) in [6.07, 6.45) is 7.29. The van der Waals surface area contributed by atoms with Gasteiger partial charge in [-0.05, 0) is 80.7 Å². The lowest BCUT2D eigenvalue weighted by Crippen LogP contribution is -2.29. The number of nitrogens with two attached hydrogens (primary N) is 1. The molecule has 0 radical (unpaired) electrons. The average Bonchev–Trinajstić information content (AvgIpc) is 3.46. The predicted octanol–water partition coefficient (Wildman–Crippen LogP) is 5.42. The Morgan fingerprint density at radius 3 is 2.71 bits per heavy atom. The molecule has 0 bridgehead atoms. The van der Waals surface area contributed by atoms with Gasteiger partial charge in [0.25, 0.3) is 5.91 Å². The van der Waals surface area contributed by atoms with Gasteiger partial charge in [-0.1, -0.05) is 25.3 Å². The minimum Gasteiger partial charge on any atom is -0.497 e. The van der Waals surface area contributed by atoms with Crippen molar-refractivity contribution in [1.29, 1.82) is 0 Å². The zero-order valence-electron chi connectivity index (χ0n) is 20.8. The molecule has 2 aliphatic carbocycles. The molecule has 35 heavy (non-hydrogen) atoms. The third-order valence-electron chi connectivity index (χ3n) is 8.16. The second-order valence-corrected chi connectivity index (χ2v) is 11.8. The highest BCUT2D eigenvalue weighted by Gasteiger charge is 2.55. The van der Waals surface area contributed by atoms with Crippen molar-refractivity contribution in [3.63, 3.8) is 0 Å². The lowest BCUT2D eigenvalue weighted by molar-refractivity contribution is 0.0983. The molecule has 2 saturated carbocycles. The Hall–Kier alpha value is -2.48. The van der Waals surface area contributed by atoms with Gasteiger partial charge in [0.05, 0.1) is 12.8 Å². The fourth-order valence-corrected chi connectivity index (χ4v) is 6.73. The summed E-state index contributed by atoms with van der Waals surface area (Å²) in [6, 6.07) is 12.7. The van der Waals surface area contributed by atoms with Gasteiger partial charge in [0.1, 0.15) is 5.75 Å². The number of carbonyl (C=O) groups is 1. The van der Waals surface area contributed by atoms with Crippen molar-refractivity contribution < 1.29 is 9.53 Å². The van der Waals surface area contributed by atoms with E-state index in [2.05, 4.69) is 39.6 Å². The Kier molecular flexibility index (Phi) is 5.62. The maximum atomic E-state index is 12.9. The number of aromatic nitrogens is 1. The molecule has 6 rings (SSSR count). The van der Waals surface area contributed by atoms with Crippen LogP contribution in [-0.4, -0.2) is 41.5 Å². The third-order valence-corrected chi connectivity index (χ3v) is 8.80. The van der Waals surface area contributed by atoms with Crippen molar-refractivity contribution in [2.75, 3.05) is 21.2 Å². The van der Waals surface area contributed by atoms with Crippen molar-refractivity contribution >= 4 is 28.9 Å². The number of rotatable bonds is 5. The first-order chi connectivity index (χ1) is 16.9. The van der Waals surface area contributed by atoms with Crippen LogP contribution in [0.1, 0.15) is 71.8 Å². The van der Waals surface area contributed by atoms with Crippen molar-refractivity contribution in [3.05, 3.63) is 53.1 Å². The molecule has 1 amide bonds. The first kappa shape index (κ1) is 23.0. The fourth-order valence-electron chi connectivity index (χ4n) is 6.35. The van der Waals surface area contributed by atoms with Crippen molar-refractivity contribution in [3.8, 4) is 17.0 Å². The van der Waals surface area contributed by atoms with Gasteiger partial charge in [-0.25, -0.2) is 4.31 Å². The number of methoxy groups -OCH3 is 1. The molecule has 3 aromatic rings. The summed E-state index contributed by atoms with van der Waals surface area (Å²) in [4.78, 5) is 12.9. The number of fused-ring (bicyclic) bond motifs is 7. The highest BCUT2D eigenvalue weighted by atomic mass is 32.2. The normalized spacial score (nSPS) is 23.4. The van der Waals surface area contributed by atoms with Gasteiger partial charge in [-0.3, -0.25) is 9.52 Å². The third kappa shape index (κ3) is 3.85. The largest absolute Gasteiger partial charge is 0.497 e. The van der Waals surface area contributed by atoms with Crippen LogP contribution in [0.5, 0.6) is 5.75 Å². The molecule has 2 heterocycles. The second kappa shape index (κ2) is 8.57. The molecule has 6 nitrogen and oxygen atoms in total. The molecule has 2 fully saturated rings. The maximum Gasteiger partial charge on any atom is 0.262 e. The summed E-state index contributed by atoms with van der Waals surface area (Å²) >= 11 is 1.30. The number of hydrogen-bond acceptors (Lipinski definition) is 5. The summed E-state index contributed by atoms with van der Waals surface area (Å²) in [5, 5.41) is 1.27. The highest BCUT2D eigenvalue weighted by Crippen LogP contribution is 2.58. The number of nitrogens with one attached hydrogen (secondary N) is 1. The van der Waals surface area contributed by atoms with Crippen molar-refractivity contribution in [2.24, 2.45) is 5.73 Å². The number of carbonyl (C=O) groups excluding carboxylic acids is 1. The quantitative estimate of drug-likeness (QED) is 0.468. The SMILES string of the molecule is COc1ccc2c(c1)C1CC1(N)Cn1c-2c(C2CCCCC2)c2ccc(C(=O)NSN(C)C)cc21. The van der Waals surface area contributed by atoms with E-state index in [1.165, 1.54) is 72.0 Å². The average molecular weight is 491 g/mol. The molecule has 7 heteroatoms. The Morgan fingerprint density at radius 1 is 1.17 bits per heavy atom. The Bertz CT molecular complexity index is 1310. The molecule has 1 aromatic heterocycles. The van der Waals surface area contributed by atoms with E-state index in [0.717, 1.165) is 24.2 Å². The zero-order chi connectivity index (χ0) is 24.3. The van der Waals surface area contributed by atoms with E-state index in [0.29, 0.717) is 17.4 Å². The molecule has 0 spiro atoms. The van der Waals surface area contributed by atoms with Crippen LogP contribution in [0.25, 0.3) is 22.2 Å². The van der Waals surface area contributed by atoms with Crippen molar-refractivity contribution in [1.82, 2.24) is 13.6 Å². The topological polar surface area (TPSA) is 72.5 Å². The van der Waals surface area contributed by atoms with Gasteiger partial charge in [0.2, 0.25) is 0 Å². The standard InChI is InChI=1S/C28H34N4O2S/c1-31(2)35-30-27(33)18-9-11-21-24(13-18)32-16-28(29)15-23(28)22-14-19(34-3)10-12-20(22)26(32)25(21)17-7-5-4-6-8-17/h9-14,17,23H,4-8,15-16,29H2,1-3H3,(H,30,33). The van der Waals surface area contributed by atoms with Crippen LogP contribution < -0.4 is 15.2 Å². The fraction of sp³-hybridized carbons (Fsp3) is 0.464. The highest BCUT2D eigenvalue weighted by molar-refractivity contribution is 7.95. The van der Waals surface area contributed by atoms with Gasteiger partial charge in [-0.15, -0.1) is 0 Å². The minimum atomic E-state index is -0.263. The Morgan fingerprint density at radius 2 is 1.97 bits per heavy atom. The van der Waals surface area contributed by atoms with E-state index in [-0.39, 0.29) is 11.4 Å². The van der Waals surface area contributed by atoms with Crippen LogP contribution in [0.3, 0.4) is 0 Å². The first-order valence-electron chi connectivity index (χ1n) is 12.7. The molecule has 0 saturated heterocycles. The minimum absolute atomic E-state index is 0.0779. The van der Waals surface area contributed by atoms with Crippen LogP contribution in [0.4, 0.5) is 0 Å². The molecule has 3 aliphatic rings. The maximum absolute atomic E-state index is 12.9. The van der Waals surface area contributed by atoms with E-state index in [4.69, 9.17) is 10.5 Å². The summed E-state index contributed by atoms with van der Waals surface area (Å²) in [7, 11) is 5.56. The van der Waals surface area contributed by atoms with E-state index in [9.17, 15) is 4.79 Å². The van der Waals surface area contributed by atoms with E-state index >= 15 is 0 Å². The first-order valence-corrected chi connectivity index (χ1v) is 13.4. The molecule has 2 unspecified atom stereocenters. The van der Waals surface area contributed by atoms with Gasteiger partial charge in [0, 0.05) is 52.2 Å². The van der Waals surface area contributed by atoms with Crippen LogP contribution in [0.2, 0.25) is 0 Å². The van der Waals surface area contributed by atoms with Crippen molar-refractivity contribution in [2.45, 2.75) is 62.4 Å². The lowest BCUT2D eigenvalue weighted by atomic mass is 9.81. The van der Waals surface area contributed by atoms with Gasteiger partial charge in [0.15, 0.2) is 0 Å². The second-order valence-electron chi connectivity index (χ2n) is 10.7. The molecule has 2 atom stereocenters. The molecule has 184 valence electrons. The number of nitrogens with zero attached hydrogens (tertiary/aromatic N) is 2. The van der Waals surface area contributed by atoms with E-state index in [1.54, 1.807) is 7.11 Å². The van der Waals surface area contributed by atoms with Gasteiger partial charge >= 0.3 is 0 Å². The number of ether oxygens (including phenoxy) is 1. The zero-order valence-corrected chi connectivity index (χ0v) is 21.6. The lowest BCUT2D eigenvalue weighted by Gasteiger charge is -2.24. The van der Waals surface area contributed by atoms with E-state index in [1.807, 2.05) is 24.5 Å². The van der Waals surface area contributed by atoms with Gasteiger partial charge < -0.3 is 15.0 Å². The molecule has 1 aliphatic heterocycles. The molecule has 3 N–H and O–H groups in total. The van der Waals surface area contributed by atoms with Gasteiger partial charge in [-0.2, -0.15) is 0 Å². The monoisotopic (exact) mass is 490 g/mol. The summed E-state index contributed by atoms with van der Waals surface area (Å²) in [5.41, 5.74) is 13.9. The van der Waals surface area contributed by atoms with Crippen LogP contribution in [0.15, 0.2) is 36.4 Å². The summed E-state index contributed by atoms with van der Waals surface area (Å²) in [6.45, 7) is 0.769. The van der Waals surface area contributed by atoms with E-state index < -0.39 is 0 Å². The number of amides is 1. The summed E-state index contributed by atoms with van der Waals surface area (Å²) in [5.74, 6) is 1.68. The Balaban J connectivity index is 1.57.